The Morgan fingerprint density at radius 2 is 2.33 bits per heavy atom. The molecule has 0 unspecified atom stereocenters. The molecule has 110 valence electrons. The Morgan fingerprint density at radius 1 is 1.57 bits per heavy atom. The molecule has 0 aliphatic carbocycles. The second-order valence-corrected chi connectivity index (χ2v) is 3.92. The maximum absolute atomic E-state index is 10.5. The van der Waals surface area contributed by atoms with E-state index in [0.717, 1.165) is 0 Å². The highest BCUT2D eigenvalue weighted by Crippen LogP contribution is 2.25. The first-order valence-electron chi connectivity index (χ1n) is 5.72. The maximum atomic E-state index is 10.5. The molecule has 0 atom stereocenters. The number of anilines is 1. The Morgan fingerprint density at radius 3 is 2.95 bits per heavy atom. The van der Waals surface area contributed by atoms with Crippen LogP contribution in [-0.2, 0) is 7.05 Å². The van der Waals surface area contributed by atoms with Gasteiger partial charge in [0.05, 0.1) is 13.3 Å². The van der Waals surface area contributed by atoms with Crippen molar-refractivity contribution >= 4 is 18.1 Å². The second-order valence-electron chi connectivity index (χ2n) is 3.92. The Kier molecular flexibility index (Phi) is 3.97. The van der Waals surface area contributed by atoms with Crippen LogP contribution in [0.3, 0.4) is 0 Å². The number of hydrazone groups is 1. The van der Waals surface area contributed by atoms with E-state index in [4.69, 9.17) is 4.74 Å². The van der Waals surface area contributed by atoms with Crippen molar-refractivity contribution in [1.82, 2.24) is 14.8 Å². The highest BCUT2D eigenvalue weighted by Gasteiger charge is 2.18. The van der Waals surface area contributed by atoms with Crippen LogP contribution < -0.4 is 10.2 Å². The van der Waals surface area contributed by atoms with Crippen molar-refractivity contribution < 1.29 is 14.8 Å². The van der Waals surface area contributed by atoms with Gasteiger partial charge in [-0.25, -0.2) is 5.43 Å². The summed E-state index contributed by atoms with van der Waals surface area (Å²) < 4.78 is 6.17. The molecule has 2 rings (SSSR count). The standard InChI is InChI=1S/C11H12N6O4/c1-16-10(13-11(15-16)17(19)20)14-12-6-7-3-4-8(18)9(5-7)21-2/h3-6,18H,1-2H3,(H,13,14,15)/b12-6+. The molecule has 1 heterocycles. The fourth-order valence-electron chi connectivity index (χ4n) is 1.48. The number of aromatic nitrogens is 3. The number of nitrogens with zero attached hydrogens (tertiary/aromatic N) is 5. The number of rotatable bonds is 5. The molecule has 21 heavy (non-hydrogen) atoms. The number of hydrogen-bond donors (Lipinski definition) is 2. The van der Waals surface area contributed by atoms with Gasteiger partial charge in [-0.1, -0.05) is 0 Å². The Hall–Kier alpha value is -3.17. The number of phenols is 1. The van der Waals surface area contributed by atoms with Crippen LogP contribution in [0, 0.1) is 10.1 Å². The first-order valence-corrected chi connectivity index (χ1v) is 5.72. The van der Waals surface area contributed by atoms with Crippen LogP contribution in [-0.4, -0.2) is 38.1 Å². The number of ether oxygens (including phenoxy) is 1. The maximum Gasteiger partial charge on any atom is 0.493 e. The summed E-state index contributed by atoms with van der Waals surface area (Å²) in [6.45, 7) is 0. The highest BCUT2D eigenvalue weighted by atomic mass is 16.6. The van der Waals surface area contributed by atoms with Crippen molar-refractivity contribution in [2.75, 3.05) is 12.5 Å². The number of phenolic OH excluding ortho intramolecular Hbond substituents is 1. The number of hydrogen-bond acceptors (Lipinski definition) is 8. The van der Waals surface area contributed by atoms with Crippen LogP contribution in [0.5, 0.6) is 11.5 Å². The molecule has 0 amide bonds. The molecule has 10 nitrogen and oxygen atoms in total. The summed E-state index contributed by atoms with van der Waals surface area (Å²) >= 11 is 0. The van der Waals surface area contributed by atoms with Gasteiger partial charge in [-0.3, -0.25) is 0 Å². The van der Waals surface area contributed by atoms with Gasteiger partial charge in [-0.2, -0.15) is 9.78 Å². The van der Waals surface area contributed by atoms with Gasteiger partial charge < -0.3 is 20.0 Å². The minimum absolute atomic E-state index is 0.0199. The summed E-state index contributed by atoms with van der Waals surface area (Å²) in [6.07, 6.45) is 1.45. The average Bonchev–Trinajstić information content (AvgIpc) is 2.82. The number of nitrogens with one attached hydrogen (secondary N) is 1. The zero-order valence-electron chi connectivity index (χ0n) is 11.2. The van der Waals surface area contributed by atoms with E-state index in [9.17, 15) is 15.2 Å². The van der Waals surface area contributed by atoms with Gasteiger partial charge in [-0.05, 0) is 33.7 Å². The molecule has 2 N–H and O–H groups in total. The van der Waals surface area contributed by atoms with E-state index in [2.05, 4.69) is 20.6 Å². The predicted octanol–water partition coefficient (Wildman–Crippen LogP) is 0.883. The number of aryl methyl sites for hydroxylation is 1. The summed E-state index contributed by atoms with van der Waals surface area (Å²) in [7, 11) is 2.94. The first kappa shape index (κ1) is 14.2. The number of nitro groups is 1. The first-order chi connectivity index (χ1) is 10.0. The molecular weight excluding hydrogens is 280 g/mol. The molecule has 0 bridgehead atoms. The minimum atomic E-state index is -0.695. The van der Waals surface area contributed by atoms with Gasteiger partial charge >= 0.3 is 11.9 Å². The molecule has 1 aromatic heterocycles. The molecular formula is C11H12N6O4. The molecule has 0 spiro atoms. The van der Waals surface area contributed by atoms with E-state index in [1.807, 2.05) is 0 Å². The van der Waals surface area contributed by atoms with Gasteiger partial charge in [0.1, 0.15) is 0 Å². The van der Waals surface area contributed by atoms with Crippen molar-refractivity contribution in [2.45, 2.75) is 0 Å². The third-order valence-electron chi connectivity index (χ3n) is 2.50. The minimum Gasteiger partial charge on any atom is -0.504 e. The zero-order chi connectivity index (χ0) is 15.4. The third-order valence-corrected chi connectivity index (χ3v) is 2.50. The van der Waals surface area contributed by atoms with E-state index in [1.165, 1.54) is 31.1 Å². The van der Waals surface area contributed by atoms with E-state index in [-0.39, 0.29) is 11.7 Å². The van der Waals surface area contributed by atoms with Crippen molar-refractivity contribution in [3.05, 3.63) is 33.9 Å². The van der Waals surface area contributed by atoms with Gasteiger partial charge in [0.2, 0.25) is 0 Å². The smallest absolute Gasteiger partial charge is 0.493 e. The fraction of sp³-hybridized carbons (Fsp3) is 0.182. The molecule has 0 aliphatic heterocycles. The summed E-state index contributed by atoms with van der Waals surface area (Å²) in [5, 5.41) is 27.5. The largest absolute Gasteiger partial charge is 0.504 e. The number of methoxy groups -OCH3 is 1. The van der Waals surface area contributed by atoms with E-state index < -0.39 is 10.9 Å². The summed E-state index contributed by atoms with van der Waals surface area (Å²) in [5.41, 5.74) is 3.20. The Bertz CT molecular complexity index is 696. The average molecular weight is 292 g/mol. The van der Waals surface area contributed by atoms with Crippen LogP contribution in [0.1, 0.15) is 5.56 Å². The predicted molar refractivity (Wildman–Crippen MR) is 73.5 cm³/mol. The molecule has 0 saturated carbocycles. The van der Waals surface area contributed by atoms with Crippen LogP contribution in [0.2, 0.25) is 0 Å². The van der Waals surface area contributed by atoms with Crippen LogP contribution >= 0.6 is 0 Å². The molecule has 0 aliphatic rings. The van der Waals surface area contributed by atoms with E-state index in [0.29, 0.717) is 11.3 Å². The van der Waals surface area contributed by atoms with Crippen molar-refractivity contribution in [3.8, 4) is 11.5 Å². The number of aromatic hydroxyl groups is 1. The third kappa shape index (κ3) is 3.23. The van der Waals surface area contributed by atoms with Crippen LogP contribution in [0.4, 0.5) is 11.9 Å². The quantitative estimate of drug-likeness (QED) is 0.475. The van der Waals surface area contributed by atoms with Crippen molar-refractivity contribution in [2.24, 2.45) is 12.1 Å². The second kappa shape index (κ2) is 5.86. The molecule has 10 heteroatoms. The van der Waals surface area contributed by atoms with Gasteiger partial charge in [-0.15, -0.1) is 0 Å². The normalized spacial score (nSPS) is 10.8. The van der Waals surface area contributed by atoms with Crippen LogP contribution in [0.25, 0.3) is 0 Å². The molecule has 1 aromatic carbocycles. The SMILES string of the molecule is COc1cc(/C=N/Nc2nc([N+](=O)[O-])nn2C)ccc1O. The summed E-state index contributed by atoms with van der Waals surface area (Å²) in [6, 6.07) is 4.68. The Balaban J connectivity index is 2.10. The Labute approximate surface area is 118 Å². The van der Waals surface area contributed by atoms with E-state index in [1.54, 1.807) is 12.1 Å². The van der Waals surface area contributed by atoms with E-state index >= 15 is 0 Å². The van der Waals surface area contributed by atoms with Gasteiger partial charge in [0, 0.05) is 12.1 Å². The highest BCUT2D eigenvalue weighted by molar-refractivity contribution is 5.81. The lowest BCUT2D eigenvalue weighted by molar-refractivity contribution is -0.394. The fourth-order valence-corrected chi connectivity index (χ4v) is 1.48. The topological polar surface area (TPSA) is 128 Å². The van der Waals surface area contributed by atoms with Crippen molar-refractivity contribution in [3.63, 3.8) is 0 Å². The van der Waals surface area contributed by atoms with Gasteiger partial charge in [0.15, 0.2) is 11.5 Å². The lowest BCUT2D eigenvalue weighted by Crippen LogP contribution is -2.00. The van der Waals surface area contributed by atoms with Crippen LogP contribution in [0.15, 0.2) is 23.3 Å². The lowest BCUT2D eigenvalue weighted by Gasteiger charge is -2.03. The summed E-state index contributed by atoms with van der Waals surface area (Å²) in [5.74, 6) is -0.0509. The molecule has 0 radical (unpaired) electrons. The zero-order valence-corrected chi connectivity index (χ0v) is 11.2. The molecule has 0 fully saturated rings. The molecule has 0 saturated heterocycles. The molecule has 2 aromatic rings. The monoisotopic (exact) mass is 292 g/mol. The number of benzene rings is 1. The summed E-state index contributed by atoms with van der Waals surface area (Å²) in [4.78, 5) is 13.5. The van der Waals surface area contributed by atoms with Gasteiger partial charge in [0.25, 0.3) is 0 Å². The lowest BCUT2D eigenvalue weighted by atomic mass is 10.2. The van der Waals surface area contributed by atoms with Crippen molar-refractivity contribution in [1.29, 1.82) is 0 Å².